The van der Waals surface area contributed by atoms with Crippen LogP contribution in [0.3, 0.4) is 0 Å². The highest BCUT2D eigenvalue weighted by Gasteiger charge is 2.47. The van der Waals surface area contributed by atoms with Gasteiger partial charge in [-0.25, -0.2) is 9.78 Å². The van der Waals surface area contributed by atoms with Gasteiger partial charge in [-0.3, -0.25) is 19.4 Å². The van der Waals surface area contributed by atoms with E-state index in [1.54, 1.807) is 0 Å². The quantitative estimate of drug-likeness (QED) is 0.506. The number of H-pyrrole nitrogens is 1. The van der Waals surface area contributed by atoms with Crippen molar-refractivity contribution in [1.29, 1.82) is 0 Å². The van der Waals surface area contributed by atoms with E-state index >= 15 is 0 Å². The van der Waals surface area contributed by atoms with Crippen molar-refractivity contribution in [3.63, 3.8) is 0 Å². The second-order valence-electron chi connectivity index (χ2n) is 5.48. The smallest absolute Gasteiger partial charge is 0.346 e. The maximum Gasteiger partial charge on any atom is 0.346 e. The first-order chi connectivity index (χ1) is 12.3. The van der Waals surface area contributed by atoms with E-state index in [1.165, 1.54) is 33.0 Å². The van der Waals surface area contributed by atoms with Crippen LogP contribution >= 0.6 is 0 Å². The number of aromatic amines is 1. The summed E-state index contributed by atoms with van der Waals surface area (Å²) in [4.78, 5) is 51.5. The van der Waals surface area contributed by atoms with E-state index in [4.69, 9.17) is 18.9 Å². The molecule has 0 amide bonds. The lowest BCUT2D eigenvalue weighted by atomic mass is 10.0. The molecule has 2 N–H and O–H groups in total. The summed E-state index contributed by atoms with van der Waals surface area (Å²) in [6.07, 6.45) is -2.90. The highest BCUT2D eigenvalue weighted by molar-refractivity contribution is 5.68. The Balaban J connectivity index is 2.28. The molecule has 1 aliphatic rings. The molecule has 2 rings (SSSR count). The van der Waals surface area contributed by atoms with Crippen molar-refractivity contribution in [2.45, 2.75) is 45.3 Å². The molecule has 1 saturated heterocycles. The molecule has 11 heteroatoms. The normalized spacial score (nSPS) is 25.0. The molecule has 1 aromatic heterocycles. The Morgan fingerprint density at radius 1 is 1.12 bits per heavy atom. The Kier molecular flexibility index (Phi) is 6.28. The van der Waals surface area contributed by atoms with Crippen molar-refractivity contribution in [3.8, 4) is 0 Å². The molecule has 1 fully saturated rings. The minimum Gasteiger partial charge on any atom is -0.456 e. The van der Waals surface area contributed by atoms with Crippen LogP contribution in [0.25, 0.3) is 0 Å². The summed E-state index contributed by atoms with van der Waals surface area (Å²) < 4.78 is 21.1. The van der Waals surface area contributed by atoms with Gasteiger partial charge in [-0.05, 0) is 6.07 Å². The summed E-state index contributed by atoms with van der Waals surface area (Å²) in [5, 5.41) is 2.83. The van der Waals surface area contributed by atoms with Gasteiger partial charge >= 0.3 is 23.6 Å². The number of rotatable bonds is 5. The number of esters is 3. The average Bonchev–Trinajstić information content (AvgIpc) is 2.51. The molecule has 0 spiro atoms. The predicted molar refractivity (Wildman–Crippen MR) is 84.9 cm³/mol. The third-order valence-corrected chi connectivity index (χ3v) is 3.32. The topological polar surface area (TPSA) is 146 Å². The molecule has 0 unspecified atom stereocenters. The van der Waals surface area contributed by atoms with Crippen molar-refractivity contribution < 1.29 is 33.3 Å². The summed E-state index contributed by atoms with van der Waals surface area (Å²) >= 11 is 0. The van der Waals surface area contributed by atoms with Crippen LogP contribution in [-0.2, 0) is 33.3 Å². The van der Waals surface area contributed by atoms with Crippen molar-refractivity contribution in [3.05, 3.63) is 22.7 Å². The monoisotopic (exact) mass is 369 g/mol. The number of hydrogen-bond acceptors (Lipinski definition) is 10. The fourth-order valence-electron chi connectivity index (χ4n) is 2.47. The third-order valence-electron chi connectivity index (χ3n) is 3.32. The molecule has 4 atom stereocenters. The van der Waals surface area contributed by atoms with Crippen LogP contribution in [0.1, 0.15) is 20.8 Å². The van der Waals surface area contributed by atoms with Crippen molar-refractivity contribution >= 4 is 23.7 Å². The highest BCUT2D eigenvalue weighted by atomic mass is 16.6. The van der Waals surface area contributed by atoms with Gasteiger partial charge in [-0.15, -0.1) is 0 Å². The van der Waals surface area contributed by atoms with Crippen LogP contribution in [0.4, 0.5) is 5.82 Å². The minimum atomic E-state index is -1.13. The molecule has 11 nitrogen and oxygen atoms in total. The summed E-state index contributed by atoms with van der Waals surface area (Å²) in [6, 6.07) is 1.47. The minimum absolute atomic E-state index is 0.123. The van der Waals surface area contributed by atoms with E-state index in [0.717, 1.165) is 0 Å². The number of carbonyl (C=O) groups is 3. The predicted octanol–water partition coefficient (Wildman–Crippen LogP) is -0.667. The van der Waals surface area contributed by atoms with Crippen LogP contribution in [0.15, 0.2) is 17.1 Å². The molecule has 26 heavy (non-hydrogen) atoms. The van der Waals surface area contributed by atoms with Gasteiger partial charge in [0.05, 0.1) is 6.61 Å². The molecule has 0 aromatic carbocycles. The van der Waals surface area contributed by atoms with E-state index in [9.17, 15) is 19.2 Å². The van der Waals surface area contributed by atoms with Crippen LogP contribution < -0.4 is 11.0 Å². The molecule has 1 aromatic rings. The Hall–Kier alpha value is -2.95. The molecule has 0 radical (unpaired) electrons. The zero-order chi connectivity index (χ0) is 19.3. The number of carbonyl (C=O) groups excluding carboxylic acids is 3. The highest BCUT2D eigenvalue weighted by Crippen LogP contribution is 2.25. The number of ether oxygens (including phenoxy) is 4. The number of aromatic nitrogens is 2. The molecule has 0 bridgehead atoms. The van der Waals surface area contributed by atoms with Crippen LogP contribution in [0.2, 0.25) is 0 Å². The molecule has 2 heterocycles. The van der Waals surface area contributed by atoms with Crippen molar-refractivity contribution in [1.82, 2.24) is 9.97 Å². The Morgan fingerprint density at radius 3 is 2.31 bits per heavy atom. The summed E-state index contributed by atoms with van der Waals surface area (Å²) in [7, 11) is 0. The van der Waals surface area contributed by atoms with E-state index in [-0.39, 0.29) is 12.4 Å². The maximum absolute atomic E-state index is 11.5. The summed E-state index contributed by atoms with van der Waals surface area (Å²) in [6.45, 7) is 3.42. The third kappa shape index (κ3) is 5.28. The van der Waals surface area contributed by atoms with Gasteiger partial charge in [0, 0.05) is 27.0 Å². The average molecular weight is 369 g/mol. The van der Waals surface area contributed by atoms with E-state index < -0.39 is 48.1 Å². The maximum atomic E-state index is 11.5. The van der Waals surface area contributed by atoms with E-state index in [0.29, 0.717) is 0 Å². The van der Waals surface area contributed by atoms with Crippen molar-refractivity contribution in [2.75, 3.05) is 11.9 Å². The first kappa shape index (κ1) is 19.4. The zero-order valence-electron chi connectivity index (χ0n) is 14.4. The lowest BCUT2D eigenvalue weighted by Gasteiger charge is -2.40. The van der Waals surface area contributed by atoms with Crippen LogP contribution in [0, 0.1) is 0 Å². The first-order valence-corrected chi connectivity index (χ1v) is 7.71. The van der Waals surface area contributed by atoms with Crippen LogP contribution in [0.5, 0.6) is 0 Å². The van der Waals surface area contributed by atoms with Gasteiger partial charge in [0.15, 0.2) is 24.5 Å². The lowest BCUT2D eigenvalue weighted by molar-refractivity contribution is -0.221. The molecular weight excluding hydrogens is 350 g/mol. The standard InChI is InChI=1S/C15H19N3O8/c1-7(19)24-10-6-23-14(17-11-4-5-16-15(22)18-11)13(26-9(3)21)12(10)25-8(2)20/h4-5,10,12-14H,6H2,1-3H3,(H2,16,17,18,22)/t10-,12+,13-,14-/m1/s1. The number of nitrogens with zero attached hydrogens (tertiary/aromatic N) is 1. The van der Waals surface area contributed by atoms with Crippen molar-refractivity contribution in [2.24, 2.45) is 0 Å². The van der Waals surface area contributed by atoms with Gasteiger partial charge in [-0.1, -0.05) is 0 Å². The summed E-state index contributed by atoms with van der Waals surface area (Å²) in [5.41, 5.74) is -0.593. The van der Waals surface area contributed by atoms with Gasteiger partial charge < -0.3 is 24.3 Å². The fraction of sp³-hybridized carbons (Fsp3) is 0.533. The Bertz CT molecular complexity index is 734. The Morgan fingerprint density at radius 2 is 1.73 bits per heavy atom. The fourth-order valence-corrected chi connectivity index (χ4v) is 2.47. The molecule has 0 aliphatic carbocycles. The van der Waals surface area contributed by atoms with Gasteiger partial charge in [0.2, 0.25) is 0 Å². The van der Waals surface area contributed by atoms with E-state index in [1.807, 2.05) is 0 Å². The van der Waals surface area contributed by atoms with Gasteiger partial charge in [-0.2, -0.15) is 0 Å². The van der Waals surface area contributed by atoms with E-state index in [2.05, 4.69) is 15.3 Å². The number of nitrogens with one attached hydrogen (secondary N) is 2. The summed E-state index contributed by atoms with van der Waals surface area (Å²) in [5.74, 6) is -1.67. The molecule has 1 aliphatic heterocycles. The second-order valence-corrected chi connectivity index (χ2v) is 5.48. The zero-order valence-corrected chi connectivity index (χ0v) is 14.4. The largest absolute Gasteiger partial charge is 0.456 e. The van der Waals surface area contributed by atoms with Gasteiger partial charge in [0.25, 0.3) is 0 Å². The number of anilines is 1. The molecular formula is C15H19N3O8. The SMILES string of the molecule is CC(=O)O[C@@H]1[C@@H](OC(C)=O)[C@H](OC(C)=O)CO[C@H]1Nc1ccnc(=O)[nH]1. The first-order valence-electron chi connectivity index (χ1n) is 7.71. The second kappa shape index (κ2) is 8.43. The molecule has 0 saturated carbocycles. The van der Waals surface area contributed by atoms with Gasteiger partial charge in [0.1, 0.15) is 5.82 Å². The lowest BCUT2D eigenvalue weighted by Crippen LogP contribution is -2.59. The number of hydrogen-bond donors (Lipinski definition) is 2. The Labute approximate surface area is 148 Å². The van der Waals surface area contributed by atoms with Crippen LogP contribution in [-0.4, -0.2) is 59.0 Å². The molecule has 142 valence electrons.